The lowest BCUT2D eigenvalue weighted by Gasteiger charge is -2.19. The van der Waals surface area contributed by atoms with Crippen molar-refractivity contribution >= 4 is 46.6 Å². The minimum absolute atomic E-state index is 0.00106. The molecule has 178 valence electrons. The molecule has 0 atom stereocenters. The van der Waals surface area contributed by atoms with Gasteiger partial charge < -0.3 is 16.0 Å². The van der Waals surface area contributed by atoms with Crippen molar-refractivity contribution in [3.63, 3.8) is 0 Å². The average Bonchev–Trinajstić information content (AvgIpc) is 3.19. The molecule has 9 nitrogen and oxygen atoms in total. The van der Waals surface area contributed by atoms with E-state index in [1.807, 2.05) is 20.8 Å². The molecular weight excluding hydrogens is 479 g/mol. The Balaban J connectivity index is 2.10. The first kappa shape index (κ1) is 25.2. The number of halogens is 2. The first-order chi connectivity index (χ1) is 15.9. The van der Waals surface area contributed by atoms with Gasteiger partial charge in [0.15, 0.2) is 11.5 Å². The van der Waals surface area contributed by atoms with Crippen molar-refractivity contribution in [3.8, 4) is 5.82 Å². The van der Waals surface area contributed by atoms with Gasteiger partial charge in [-0.05, 0) is 57.5 Å². The van der Waals surface area contributed by atoms with Crippen LogP contribution in [0.15, 0.2) is 36.5 Å². The van der Waals surface area contributed by atoms with E-state index in [-0.39, 0.29) is 33.5 Å². The highest BCUT2D eigenvalue weighted by atomic mass is 35.5. The van der Waals surface area contributed by atoms with Crippen LogP contribution in [0.4, 0.5) is 5.69 Å². The number of carbonyl (C=O) groups is 3. The standard InChI is InChI=1S/C23H24Cl2N6O3/c1-12-9-13(24)10-14(20(32)26-5)18(12)28-22(34)17-11-16(21(33)29-23(2,3)4)30-31(17)19-15(25)7-6-8-27-19/h6-11H,1-5H3,(H,26,32)(H,28,34)(H,29,33). The number of amides is 3. The smallest absolute Gasteiger partial charge is 0.274 e. The minimum Gasteiger partial charge on any atom is -0.355 e. The molecule has 0 saturated heterocycles. The number of anilines is 1. The predicted molar refractivity (Wildman–Crippen MR) is 131 cm³/mol. The Bertz CT molecular complexity index is 1280. The molecule has 3 aromatic rings. The molecule has 2 aromatic heterocycles. The second kappa shape index (κ2) is 9.82. The molecule has 0 aliphatic rings. The molecule has 0 aliphatic carbocycles. The number of nitrogens with zero attached hydrogens (tertiary/aromatic N) is 3. The van der Waals surface area contributed by atoms with E-state index < -0.39 is 23.3 Å². The third-order valence-electron chi connectivity index (χ3n) is 4.61. The third kappa shape index (κ3) is 5.55. The van der Waals surface area contributed by atoms with Crippen molar-refractivity contribution in [1.29, 1.82) is 0 Å². The van der Waals surface area contributed by atoms with Gasteiger partial charge in [-0.15, -0.1) is 0 Å². The van der Waals surface area contributed by atoms with E-state index in [0.717, 1.165) is 0 Å². The van der Waals surface area contributed by atoms with Crippen LogP contribution >= 0.6 is 23.2 Å². The number of hydrogen-bond donors (Lipinski definition) is 3. The SMILES string of the molecule is CNC(=O)c1cc(Cl)cc(C)c1NC(=O)c1cc(C(=O)NC(C)(C)C)nn1-c1ncccc1Cl. The molecular formula is C23H24Cl2N6O3. The van der Waals surface area contributed by atoms with Crippen LogP contribution in [0.5, 0.6) is 0 Å². The summed E-state index contributed by atoms with van der Waals surface area (Å²) in [6.07, 6.45) is 1.49. The molecule has 0 fully saturated rings. The van der Waals surface area contributed by atoms with E-state index in [2.05, 4.69) is 26.0 Å². The normalized spacial score (nSPS) is 11.1. The Hall–Kier alpha value is -3.43. The Morgan fingerprint density at radius 3 is 2.35 bits per heavy atom. The van der Waals surface area contributed by atoms with Crippen LogP contribution in [-0.2, 0) is 0 Å². The van der Waals surface area contributed by atoms with E-state index in [0.29, 0.717) is 10.6 Å². The summed E-state index contributed by atoms with van der Waals surface area (Å²) in [6, 6.07) is 7.65. The fraction of sp³-hybridized carbons (Fsp3) is 0.261. The first-order valence-corrected chi connectivity index (χ1v) is 11.0. The zero-order valence-corrected chi connectivity index (χ0v) is 20.8. The number of aryl methyl sites for hydroxylation is 1. The highest BCUT2D eigenvalue weighted by molar-refractivity contribution is 6.32. The largest absolute Gasteiger partial charge is 0.355 e. The van der Waals surface area contributed by atoms with E-state index in [1.54, 1.807) is 25.1 Å². The molecule has 3 rings (SSSR count). The van der Waals surface area contributed by atoms with E-state index >= 15 is 0 Å². The van der Waals surface area contributed by atoms with Crippen molar-refractivity contribution in [2.75, 3.05) is 12.4 Å². The van der Waals surface area contributed by atoms with Gasteiger partial charge in [0.1, 0.15) is 5.69 Å². The molecule has 0 radical (unpaired) electrons. The number of aromatic nitrogens is 3. The van der Waals surface area contributed by atoms with Crippen LogP contribution in [0.25, 0.3) is 5.82 Å². The summed E-state index contributed by atoms with van der Waals surface area (Å²) in [4.78, 5) is 42.8. The van der Waals surface area contributed by atoms with Gasteiger partial charge >= 0.3 is 0 Å². The average molecular weight is 503 g/mol. The van der Waals surface area contributed by atoms with Crippen LogP contribution in [-0.4, -0.2) is 45.1 Å². The van der Waals surface area contributed by atoms with Crippen LogP contribution < -0.4 is 16.0 Å². The third-order valence-corrected chi connectivity index (χ3v) is 5.13. The molecule has 0 spiro atoms. The van der Waals surface area contributed by atoms with Gasteiger partial charge in [-0.2, -0.15) is 5.10 Å². The van der Waals surface area contributed by atoms with E-state index in [1.165, 1.54) is 30.1 Å². The van der Waals surface area contributed by atoms with Crippen molar-refractivity contribution in [3.05, 3.63) is 69.1 Å². The Morgan fingerprint density at radius 2 is 1.74 bits per heavy atom. The van der Waals surface area contributed by atoms with Crippen molar-refractivity contribution in [1.82, 2.24) is 25.4 Å². The summed E-state index contributed by atoms with van der Waals surface area (Å²) in [5.41, 5.74) is 0.516. The lowest BCUT2D eigenvalue weighted by Crippen LogP contribution is -2.40. The molecule has 1 aromatic carbocycles. The summed E-state index contributed by atoms with van der Waals surface area (Å²) in [5.74, 6) is -1.35. The Labute approximate surface area is 206 Å². The zero-order valence-electron chi connectivity index (χ0n) is 19.3. The van der Waals surface area contributed by atoms with Gasteiger partial charge in [0, 0.05) is 29.9 Å². The monoisotopic (exact) mass is 502 g/mol. The van der Waals surface area contributed by atoms with E-state index in [9.17, 15) is 14.4 Å². The van der Waals surface area contributed by atoms with Gasteiger partial charge in [-0.3, -0.25) is 14.4 Å². The Kier molecular flexibility index (Phi) is 7.28. The van der Waals surface area contributed by atoms with Gasteiger partial charge in [0.05, 0.1) is 16.3 Å². The number of pyridine rings is 1. The highest BCUT2D eigenvalue weighted by Gasteiger charge is 2.26. The molecule has 3 N–H and O–H groups in total. The fourth-order valence-corrected chi connectivity index (χ4v) is 3.63. The first-order valence-electron chi connectivity index (χ1n) is 10.3. The summed E-state index contributed by atoms with van der Waals surface area (Å²) >= 11 is 12.4. The summed E-state index contributed by atoms with van der Waals surface area (Å²) in [7, 11) is 1.47. The van der Waals surface area contributed by atoms with E-state index in [4.69, 9.17) is 23.2 Å². The molecule has 2 heterocycles. The maximum atomic E-state index is 13.4. The number of hydrogen-bond acceptors (Lipinski definition) is 5. The van der Waals surface area contributed by atoms with Gasteiger partial charge in [0.25, 0.3) is 17.7 Å². The second-order valence-corrected chi connectivity index (χ2v) is 9.36. The van der Waals surface area contributed by atoms with Gasteiger partial charge in [-0.1, -0.05) is 23.2 Å². The van der Waals surface area contributed by atoms with Crippen LogP contribution in [0.3, 0.4) is 0 Å². The molecule has 0 unspecified atom stereocenters. The molecule has 0 bridgehead atoms. The quantitative estimate of drug-likeness (QED) is 0.486. The van der Waals surface area contributed by atoms with Crippen LogP contribution in [0.2, 0.25) is 10.0 Å². The maximum Gasteiger partial charge on any atom is 0.274 e. The predicted octanol–water partition coefficient (Wildman–Crippen LogP) is 4.02. The molecule has 34 heavy (non-hydrogen) atoms. The Morgan fingerprint density at radius 1 is 1.03 bits per heavy atom. The van der Waals surface area contributed by atoms with Gasteiger partial charge in [-0.25, -0.2) is 9.67 Å². The molecule has 11 heteroatoms. The molecule has 0 saturated carbocycles. The topological polar surface area (TPSA) is 118 Å². The molecule has 3 amide bonds. The number of carbonyl (C=O) groups excluding carboxylic acids is 3. The van der Waals surface area contributed by atoms with Crippen LogP contribution in [0, 0.1) is 6.92 Å². The summed E-state index contributed by atoms with van der Waals surface area (Å²) < 4.78 is 1.19. The fourth-order valence-electron chi connectivity index (χ4n) is 3.15. The number of rotatable bonds is 5. The number of benzene rings is 1. The highest BCUT2D eigenvalue weighted by Crippen LogP contribution is 2.27. The van der Waals surface area contributed by atoms with Crippen molar-refractivity contribution in [2.24, 2.45) is 0 Å². The lowest BCUT2D eigenvalue weighted by molar-refractivity contribution is 0.0912. The zero-order chi connectivity index (χ0) is 25.2. The van der Waals surface area contributed by atoms with Crippen LogP contribution in [0.1, 0.15) is 57.7 Å². The number of nitrogens with one attached hydrogen (secondary N) is 3. The van der Waals surface area contributed by atoms with Gasteiger partial charge in [0.2, 0.25) is 0 Å². The maximum absolute atomic E-state index is 13.4. The second-order valence-electron chi connectivity index (χ2n) is 8.52. The molecule has 0 aliphatic heterocycles. The summed E-state index contributed by atoms with van der Waals surface area (Å²) in [5, 5.41) is 13.0. The van der Waals surface area contributed by atoms with Crippen molar-refractivity contribution < 1.29 is 14.4 Å². The summed E-state index contributed by atoms with van der Waals surface area (Å²) in [6.45, 7) is 7.20. The lowest BCUT2D eigenvalue weighted by atomic mass is 10.1. The van der Waals surface area contributed by atoms with Crippen molar-refractivity contribution in [2.45, 2.75) is 33.2 Å². The minimum atomic E-state index is -0.625.